The average molecular weight is 275 g/mol. The third-order valence-corrected chi connectivity index (χ3v) is 3.33. The highest BCUT2D eigenvalue weighted by atomic mass is 16.5. The van der Waals surface area contributed by atoms with E-state index in [1.165, 1.54) is 0 Å². The van der Waals surface area contributed by atoms with Gasteiger partial charge in [0.2, 0.25) is 0 Å². The van der Waals surface area contributed by atoms with Crippen LogP contribution in [0.4, 0.5) is 5.82 Å². The minimum atomic E-state index is -0.115. The van der Waals surface area contributed by atoms with Gasteiger partial charge in [0, 0.05) is 18.3 Å². The zero-order valence-corrected chi connectivity index (χ0v) is 11.3. The van der Waals surface area contributed by atoms with Crippen LogP contribution in [0.25, 0.3) is 0 Å². The summed E-state index contributed by atoms with van der Waals surface area (Å²) in [4.78, 5) is 10.6. The molecule has 2 aromatic rings. The molecule has 2 aromatic heterocycles. The Morgan fingerprint density at radius 2 is 2.35 bits per heavy atom. The highest BCUT2D eigenvalue weighted by Gasteiger charge is 2.25. The topological polar surface area (TPSA) is 87.2 Å². The summed E-state index contributed by atoms with van der Waals surface area (Å²) in [5.74, 6) is 0.906. The SMILES string of the molecule is Cc1cc(N2CCO[C@H](c3cc(CO)[nH]n3)C2)ncn1. The molecule has 1 aliphatic rings. The first-order valence-corrected chi connectivity index (χ1v) is 6.56. The van der Waals surface area contributed by atoms with Gasteiger partial charge in [0.1, 0.15) is 18.2 Å². The van der Waals surface area contributed by atoms with E-state index in [4.69, 9.17) is 9.84 Å². The van der Waals surface area contributed by atoms with Crippen LogP contribution in [0.3, 0.4) is 0 Å². The number of nitrogens with one attached hydrogen (secondary N) is 1. The van der Waals surface area contributed by atoms with Crippen LogP contribution in [0, 0.1) is 6.92 Å². The molecule has 106 valence electrons. The Kier molecular flexibility index (Phi) is 3.62. The van der Waals surface area contributed by atoms with Crippen molar-refractivity contribution in [1.82, 2.24) is 20.2 Å². The summed E-state index contributed by atoms with van der Waals surface area (Å²) >= 11 is 0. The molecule has 1 aliphatic heterocycles. The van der Waals surface area contributed by atoms with Crippen molar-refractivity contribution in [2.45, 2.75) is 19.6 Å². The molecule has 7 heteroatoms. The van der Waals surface area contributed by atoms with Crippen molar-refractivity contribution in [1.29, 1.82) is 0 Å². The smallest absolute Gasteiger partial charge is 0.132 e. The summed E-state index contributed by atoms with van der Waals surface area (Å²) < 4.78 is 5.75. The van der Waals surface area contributed by atoms with Gasteiger partial charge in [-0.15, -0.1) is 0 Å². The Morgan fingerprint density at radius 1 is 1.45 bits per heavy atom. The fraction of sp³-hybridized carbons (Fsp3) is 0.462. The summed E-state index contributed by atoms with van der Waals surface area (Å²) in [6, 6.07) is 3.80. The van der Waals surface area contributed by atoms with Gasteiger partial charge in [-0.1, -0.05) is 0 Å². The number of morpholine rings is 1. The second-order valence-electron chi connectivity index (χ2n) is 4.80. The number of aliphatic hydroxyl groups is 1. The van der Waals surface area contributed by atoms with E-state index in [0.717, 1.165) is 23.8 Å². The lowest BCUT2D eigenvalue weighted by Crippen LogP contribution is -2.39. The van der Waals surface area contributed by atoms with E-state index in [-0.39, 0.29) is 12.7 Å². The quantitative estimate of drug-likeness (QED) is 0.852. The average Bonchev–Trinajstić information content (AvgIpc) is 2.96. The number of aromatic nitrogens is 4. The van der Waals surface area contributed by atoms with Crippen LogP contribution in [-0.2, 0) is 11.3 Å². The lowest BCUT2D eigenvalue weighted by molar-refractivity contribution is 0.0367. The summed E-state index contributed by atoms with van der Waals surface area (Å²) in [6.07, 6.45) is 1.46. The van der Waals surface area contributed by atoms with Crippen molar-refractivity contribution in [2.75, 3.05) is 24.6 Å². The number of rotatable bonds is 3. The zero-order chi connectivity index (χ0) is 13.9. The molecule has 1 fully saturated rings. The van der Waals surface area contributed by atoms with Gasteiger partial charge in [0.05, 0.1) is 31.1 Å². The predicted molar refractivity (Wildman–Crippen MR) is 72.2 cm³/mol. The van der Waals surface area contributed by atoms with Crippen LogP contribution < -0.4 is 4.90 Å². The zero-order valence-electron chi connectivity index (χ0n) is 11.3. The number of anilines is 1. The number of hydrogen-bond acceptors (Lipinski definition) is 6. The van der Waals surface area contributed by atoms with E-state index < -0.39 is 0 Å². The minimum Gasteiger partial charge on any atom is -0.390 e. The molecule has 1 saturated heterocycles. The maximum absolute atomic E-state index is 9.07. The van der Waals surface area contributed by atoms with Gasteiger partial charge >= 0.3 is 0 Å². The van der Waals surface area contributed by atoms with Crippen LogP contribution in [0.1, 0.15) is 23.2 Å². The molecule has 0 bridgehead atoms. The maximum Gasteiger partial charge on any atom is 0.132 e. The van der Waals surface area contributed by atoms with Crippen molar-refractivity contribution >= 4 is 5.82 Å². The molecule has 0 radical (unpaired) electrons. The van der Waals surface area contributed by atoms with Crippen LogP contribution in [0.5, 0.6) is 0 Å². The summed E-state index contributed by atoms with van der Waals surface area (Å²) in [5.41, 5.74) is 2.45. The maximum atomic E-state index is 9.07. The number of hydrogen-bond donors (Lipinski definition) is 2. The van der Waals surface area contributed by atoms with Crippen molar-refractivity contribution in [3.8, 4) is 0 Å². The van der Waals surface area contributed by atoms with Crippen molar-refractivity contribution in [3.05, 3.63) is 35.5 Å². The second-order valence-corrected chi connectivity index (χ2v) is 4.80. The van der Waals surface area contributed by atoms with Gasteiger partial charge in [-0.2, -0.15) is 5.10 Å². The standard InChI is InChI=1S/C13H17N5O2/c1-9-4-13(15-8-14-9)18-2-3-20-12(6-18)11-5-10(7-19)16-17-11/h4-5,8,12,19H,2-3,6-7H2,1H3,(H,16,17)/t12-/m0/s1. The first-order valence-electron chi connectivity index (χ1n) is 6.56. The van der Waals surface area contributed by atoms with Gasteiger partial charge in [-0.3, -0.25) is 5.10 Å². The molecule has 0 aliphatic carbocycles. The van der Waals surface area contributed by atoms with Crippen LogP contribution >= 0.6 is 0 Å². The lowest BCUT2D eigenvalue weighted by Gasteiger charge is -2.32. The van der Waals surface area contributed by atoms with E-state index in [1.54, 1.807) is 6.33 Å². The number of H-pyrrole nitrogens is 1. The molecule has 0 aromatic carbocycles. The Hall–Kier alpha value is -1.99. The van der Waals surface area contributed by atoms with E-state index >= 15 is 0 Å². The molecular formula is C13H17N5O2. The number of aromatic amines is 1. The van der Waals surface area contributed by atoms with Crippen molar-refractivity contribution in [2.24, 2.45) is 0 Å². The van der Waals surface area contributed by atoms with Crippen molar-refractivity contribution < 1.29 is 9.84 Å². The van der Waals surface area contributed by atoms with Gasteiger partial charge in [-0.05, 0) is 13.0 Å². The molecule has 7 nitrogen and oxygen atoms in total. The molecule has 0 unspecified atom stereocenters. The fourth-order valence-corrected chi connectivity index (χ4v) is 2.28. The van der Waals surface area contributed by atoms with Gasteiger partial charge in [-0.25, -0.2) is 9.97 Å². The monoisotopic (exact) mass is 275 g/mol. The molecule has 0 saturated carbocycles. The van der Waals surface area contributed by atoms with Crippen LogP contribution in [0.15, 0.2) is 18.5 Å². The normalized spacial score (nSPS) is 19.3. The third kappa shape index (κ3) is 2.63. The van der Waals surface area contributed by atoms with Gasteiger partial charge < -0.3 is 14.7 Å². The molecule has 3 rings (SSSR count). The largest absolute Gasteiger partial charge is 0.390 e. The molecule has 0 amide bonds. The Balaban J connectivity index is 1.76. The lowest BCUT2D eigenvalue weighted by atomic mass is 10.2. The number of aryl methyl sites for hydroxylation is 1. The fourth-order valence-electron chi connectivity index (χ4n) is 2.28. The van der Waals surface area contributed by atoms with E-state index in [1.807, 2.05) is 19.1 Å². The molecule has 3 heterocycles. The highest BCUT2D eigenvalue weighted by molar-refractivity contribution is 5.39. The summed E-state index contributed by atoms with van der Waals surface area (Å²) in [7, 11) is 0. The number of aliphatic hydroxyl groups excluding tert-OH is 1. The Bertz CT molecular complexity index is 586. The predicted octanol–water partition coefficient (Wildman–Crippen LogP) is 0.578. The van der Waals surface area contributed by atoms with Crippen molar-refractivity contribution in [3.63, 3.8) is 0 Å². The first-order chi connectivity index (χ1) is 9.76. The number of nitrogens with zero attached hydrogens (tertiary/aromatic N) is 4. The first kappa shape index (κ1) is 13.0. The Morgan fingerprint density at radius 3 is 3.10 bits per heavy atom. The Labute approximate surface area is 116 Å². The van der Waals surface area contributed by atoms with Crippen LogP contribution in [0.2, 0.25) is 0 Å². The molecular weight excluding hydrogens is 258 g/mol. The second kappa shape index (κ2) is 5.56. The molecule has 2 N–H and O–H groups in total. The summed E-state index contributed by atoms with van der Waals surface area (Å²) in [6.45, 7) is 4.00. The van der Waals surface area contributed by atoms with Gasteiger partial charge in [0.15, 0.2) is 0 Å². The highest BCUT2D eigenvalue weighted by Crippen LogP contribution is 2.24. The minimum absolute atomic E-state index is 0.0471. The molecule has 1 atom stereocenters. The summed E-state index contributed by atoms with van der Waals surface area (Å²) in [5, 5.41) is 16.0. The third-order valence-electron chi connectivity index (χ3n) is 3.33. The van der Waals surface area contributed by atoms with E-state index in [0.29, 0.717) is 18.8 Å². The molecule has 20 heavy (non-hydrogen) atoms. The van der Waals surface area contributed by atoms with Crippen LogP contribution in [-0.4, -0.2) is 45.0 Å². The van der Waals surface area contributed by atoms with E-state index in [2.05, 4.69) is 25.1 Å². The number of ether oxygens (including phenoxy) is 1. The van der Waals surface area contributed by atoms with Gasteiger partial charge in [0.25, 0.3) is 0 Å². The molecule has 0 spiro atoms. The van der Waals surface area contributed by atoms with E-state index in [9.17, 15) is 0 Å².